The lowest BCUT2D eigenvalue weighted by atomic mass is 10.1. The summed E-state index contributed by atoms with van der Waals surface area (Å²) in [6.07, 6.45) is 1.33. The van der Waals surface area contributed by atoms with Crippen LogP contribution < -0.4 is 10.6 Å². The summed E-state index contributed by atoms with van der Waals surface area (Å²) in [6.45, 7) is 1.91. The lowest BCUT2D eigenvalue weighted by Gasteiger charge is -2.13. The summed E-state index contributed by atoms with van der Waals surface area (Å²) in [5, 5.41) is 11.5. The van der Waals surface area contributed by atoms with Crippen molar-refractivity contribution in [3.63, 3.8) is 0 Å². The number of aromatic nitrogens is 3. The van der Waals surface area contributed by atoms with Gasteiger partial charge in [-0.15, -0.1) is 0 Å². The van der Waals surface area contributed by atoms with Crippen LogP contribution in [0.2, 0.25) is 0 Å². The molecule has 2 amide bonds. The van der Waals surface area contributed by atoms with Crippen molar-refractivity contribution in [3.8, 4) is 0 Å². The van der Waals surface area contributed by atoms with Crippen LogP contribution in [0.1, 0.15) is 18.5 Å². The van der Waals surface area contributed by atoms with E-state index >= 15 is 0 Å². The van der Waals surface area contributed by atoms with Crippen molar-refractivity contribution in [3.05, 3.63) is 42.2 Å². The van der Waals surface area contributed by atoms with Gasteiger partial charge < -0.3 is 5.32 Å². The number of benzene rings is 1. The Kier molecular flexibility index (Phi) is 3.34. The van der Waals surface area contributed by atoms with Gasteiger partial charge in [-0.1, -0.05) is 30.3 Å². The van der Waals surface area contributed by atoms with E-state index in [9.17, 15) is 4.79 Å². The predicted octanol–water partition coefficient (Wildman–Crippen LogP) is 1.69. The molecule has 6 nitrogen and oxygen atoms in total. The van der Waals surface area contributed by atoms with Gasteiger partial charge in [-0.3, -0.25) is 5.32 Å². The molecule has 0 aliphatic heterocycles. The van der Waals surface area contributed by atoms with Gasteiger partial charge in [0.15, 0.2) is 0 Å². The van der Waals surface area contributed by atoms with E-state index in [2.05, 4.69) is 25.8 Å². The third-order valence-electron chi connectivity index (χ3n) is 2.29. The zero-order valence-corrected chi connectivity index (χ0v) is 9.34. The van der Waals surface area contributed by atoms with E-state index in [0.717, 1.165) is 5.56 Å². The van der Waals surface area contributed by atoms with Crippen molar-refractivity contribution in [2.24, 2.45) is 0 Å². The van der Waals surface area contributed by atoms with E-state index < -0.39 is 0 Å². The normalized spacial score (nSPS) is 11.8. The second-order valence-electron chi connectivity index (χ2n) is 3.56. The number of carbonyl (C=O) groups excluding carboxylic acids is 1. The summed E-state index contributed by atoms with van der Waals surface area (Å²) in [6, 6.07) is 9.32. The Balaban J connectivity index is 1.91. The number of hydrogen-bond acceptors (Lipinski definition) is 3. The Hall–Kier alpha value is -2.37. The molecule has 17 heavy (non-hydrogen) atoms. The molecule has 0 spiro atoms. The van der Waals surface area contributed by atoms with Crippen molar-refractivity contribution < 1.29 is 4.79 Å². The molecule has 1 atom stereocenters. The fourth-order valence-electron chi connectivity index (χ4n) is 1.43. The molecule has 2 aromatic rings. The summed E-state index contributed by atoms with van der Waals surface area (Å²) in [5.74, 6) is 0.322. The van der Waals surface area contributed by atoms with Crippen molar-refractivity contribution in [1.29, 1.82) is 0 Å². The molecule has 0 aliphatic rings. The maximum absolute atomic E-state index is 11.6. The first-order valence-electron chi connectivity index (χ1n) is 5.23. The van der Waals surface area contributed by atoms with Gasteiger partial charge in [0.2, 0.25) is 5.95 Å². The molecule has 0 bridgehead atoms. The predicted molar refractivity (Wildman–Crippen MR) is 63.4 cm³/mol. The van der Waals surface area contributed by atoms with Crippen LogP contribution in [-0.2, 0) is 0 Å². The van der Waals surface area contributed by atoms with Gasteiger partial charge in [0, 0.05) is 0 Å². The van der Waals surface area contributed by atoms with Crippen molar-refractivity contribution in [2.45, 2.75) is 13.0 Å². The first-order chi connectivity index (χ1) is 8.25. The van der Waals surface area contributed by atoms with E-state index in [4.69, 9.17) is 0 Å². The first kappa shape index (κ1) is 11.1. The fraction of sp³-hybridized carbons (Fsp3) is 0.182. The average Bonchev–Trinajstić information content (AvgIpc) is 2.82. The number of rotatable bonds is 3. The minimum absolute atomic E-state index is 0.0703. The Bertz CT molecular complexity index is 468. The molecule has 6 heteroatoms. The lowest BCUT2D eigenvalue weighted by Crippen LogP contribution is -2.31. The number of H-pyrrole nitrogens is 1. The van der Waals surface area contributed by atoms with Crippen LogP contribution >= 0.6 is 0 Å². The van der Waals surface area contributed by atoms with Gasteiger partial charge in [0.05, 0.1) is 6.04 Å². The molecule has 0 radical (unpaired) electrons. The molecule has 1 aromatic heterocycles. The van der Waals surface area contributed by atoms with E-state index in [1.54, 1.807) is 0 Å². The van der Waals surface area contributed by atoms with Gasteiger partial charge >= 0.3 is 6.03 Å². The van der Waals surface area contributed by atoms with Gasteiger partial charge in [-0.2, -0.15) is 10.1 Å². The van der Waals surface area contributed by atoms with Crippen LogP contribution in [0.3, 0.4) is 0 Å². The number of aromatic amines is 1. The largest absolute Gasteiger partial charge is 0.331 e. The van der Waals surface area contributed by atoms with Crippen LogP contribution in [0.4, 0.5) is 10.7 Å². The third kappa shape index (κ3) is 3.04. The summed E-state index contributed by atoms with van der Waals surface area (Å²) in [7, 11) is 0. The van der Waals surface area contributed by atoms with E-state index in [0.29, 0.717) is 5.95 Å². The molecule has 3 N–H and O–H groups in total. The lowest BCUT2D eigenvalue weighted by molar-refractivity contribution is 0.249. The number of nitrogens with zero attached hydrogens (tertiary/aromatic N) is 2. The third-order valence-corrected chi connectivity index (χ3v) is 2.29. The molecular weight excluding hydrogens is 218 g/mol. The van der Waals surface area contributed by atoms with Gasteiger partial charge in [0.25, 0.3) is 0 Å². The van der Waals surface area contributed by atoms with E-state index in [-0.39, 0.29) is 12.1 Å². The fourth-order valence-corrected chi connectivity index (χ4v) is 1.43. The van der Waals surface area contributed by atoms with Crippen LogP contribution in [0.25, 0.3) is 0 Å². The number of nitrogens with one attached hydrogen (secondary N) is 3. The average molecular weight is 231 g/mol. The topological polar surface area (TPSA) is 82.7 Å². The standard InChI is InChI=1S/C11H13N5O/c1-8(9-5-3-2-4-6-9)14-11(17)15-10-12-7-13-16-10/h2-8H,1H3,(H3,12,13,14,15,16,17)/t8-/m0/s1. The SMILES string of the molecule is C[C@H](NC(=O)Nc1ncn[nH]1)c1ccccc1. The van der Waals surface area contributed by atoms with E-state index in [1.807, 2.05) is 37.3 Å². The summed E-state index contributed by atoms with van der Waals surface area (Å²) >= 11 is 0. The molecule has 1 heterocycles. The highest BCUT2D eigenvalue weighted by atomic mass is 16.2. The number of anilines is 1. The molecule has 0 unspecified atom stereocenters. The van der Waals surface area contributed by atoms with E-state index in [1.165, 1.54) is 6.33 Å². The number of carbonyl (C=O) groups is 1. The molecule has 0 saturated carbocycles. The molecule has 1 aromatic carbocycles. The summed E-state index contributed by atoms with van der Waals surface area (Å²) in [5.41, 5.74) is 1.04. The van der Waals surface area contributed by atoms with Crippen LogP contribution in [-0.4, -0.2) is 21.2 Å². The maximum Gasteiger partial charge on any atom is 0.322 e. The highest BCUT2D eigenvalue weighted by molar-refractivity contribution is 5.87. The second-order valence-corrected chi connectivity index (χ2v) is 3.56. The second kappa shape index (κ2) is 5.11. The smallest absolute Gasteiger partial charge is 0.322 e. The monoisotopic (exact) mass is 231 g/mol. The summed E-state index contributed by atoms with van der Waals surface area (Å²) in [4.78, 5) is 15.4. The van der Waals surface area contributed by atoms with Crippen LogP contribution in [0.15, 0.2) is 36.7 Å². The van der Waals surface area contributed by atoms with Gasteiger partial charge in [-0.05, 0) is 12.5 Å². The number of hydrogen-bond donors (Lipinski definition) is 3. The van der Waals surface area contributed by atoms with Gasteiger partial charge in [0.1, 0.15) is 6.33 Å². The highest BCUT2D eigenvalue weighted by Crippen LogP contribution is 2.10. The number of urea groups is 1. The molecule has 88 valence electrons. The molecule has 0 fully saturated rings. The van der Waals surface area contributed by atoms with Crippen molar-refractivity contribution in [1.82, 2.24) is 20.5 Å². The zero-order chi connectivity index (χ0) is 12.1. The number of amides is 2. The maximum atomic E-state index is 11.6. The van der Waals surface area contributed by atoms with Gasteiger partial charge in [-0.25, -0.2) is 9.89 Å². The minimum atomic E-state index is -0.321. The Labute approximate surface area is 98.5 Å². The first-order valence-corrected chi connectivity index (χ1v) is 5.23. The van der Waals surface area contributed by atoms with Crippen molar-refractivity contribution >= 4 is 12.0 Å². The van der Waals surface area contributed by atoms with Crippen LogP contribution in [0, 0.1) is 0 Å². The Morgan fingerprint density at radius 3 is 2.76 bits per heavy atom. The minimum Gasteiger partial charge on any atom is -0.331 e. The Morgan fingerprint density at radius 2 is 2.12 bits per heavy atom. The molecule has 2 rings (SSSR count). The Morgan fingerprint density at radius 1 is 1.35 bits per heavy atom. The summed E-state index contributed by atoms with van der Waals surface area (Å²) < 4.78 is 0. The van der Waals surface area contributed by atoms with Crippen molar-refractivity contribution in [2.75, 3.05) is 5.32 Å². The quantitative estimate of drug-likeness (QED) is 0.751. The zero-order valence-electron chi connectivity index (χ0n) is 9.34. The highest BCUT2D eigenvalue weighted by Gasteiger charge is 2.09. The molecule has 0 saturated heterocycles. The molecule has 0 aliphatic carbocycles. The molecular formula is C11H13N5O. The van der Waals surface area contributed by atoms with Crippen LogP contribution in [0.5, 0.6) is 0 Å².